The van der Waals surface area contributed by atoms with Crippen LogP contribution in [0.4, 0.5) is 28.0 Å². The van der Waals surface area contributed by atoms with Crippen LogP contribution in [0.25, 0.3) is 10.9 Å². The van der Waals surface area contributed by atoms with Crippen LogP contribution >= 0.6 is 0 Å². The molecule has 2 aliphatic heterocycles. The molecule has 3 aliphatic rings. The van der Waals surface area contributed by atoms with Crippen molar-refractivity contribution in [2.24, 2.45) is 5.92 Å². The Bertz CT molecular complexity index is 1630. The number of aromatic nitrogens is 2. The zero-order chi connectivity index (χ0) is 30.7. The number of urea groups is 1. The summed E-state index contributed by atoms with van der Waals surface area (Å²) in [6, 6.07) is 5.24. The summed E-state index contributed by atoms with van der Waals surface area (Å²) < 4.78 is 54.1. The van der Waals surface area contributed by atoms with E-state index >= 15 is 0 Å². The molecular weight excluding hydrogens is 572 g/mol. The number of carbonyl (C=O) groups is 4. The second-order valence-corrected chi connectivity index (χ2v) is 11.3. The van der Waals surface area contributed by atoms with Crippen molar-refractivity contribution < 1.29 is 36.7 Å². The van der Waals surface area contributed by atoms with Crippen molar-refractivity contribution in [1.29, 1.82) is 0 Å². The van der Waals surface area contributed by atoms with E-state index in [4.69, 9.17) is 0 Å². The number of nitrogens with one attached hydrogen (secondary N) is 2. The van der Waals surface area contributed by atoms with Crippen molar-refractivity contribution >= 4 is 40.3 Å². The summed E-state index contributed by atoms with van der Waals surface area (Å²) in [7, 11) is 1.41. The Labute approximate surface area is 243 Å². The Kier molecular flexibility index (Phi) is 6.89. The molecule has 2 saturated heterocycles. The van der Waals surface area contributed by atoms with Crippen molar-refractivity contribution in [1.82, 2.24) is 25.3 Å². The predicted octanol–water partition coefficient (Wildman–Crippen LogP) is 4.08. The minimum Gasteiger partial charge on any atom is -0.341 e. The van der Waals surface area contributed by atoms with Gasteiger partial charge in [-0.05, 0) is 68.0 Å². The maximum atomic E-state index is 14.4. The van der Waals surface area contributed by atoms with Gasteiger partial charge in [-0.3, -0.25) is 29.3 Å². The number of hydrogen-bond donors (Lipinski definition) is 2. The van der Waals surface area contributed by atoms with Crippen molar-refractivity contribution in [2.45, 2.75) is 49.9 Å². The van der Waals surface area contributed by atoms with Gasteiger partial charge in [0.1, 0.15) is 17.4 Å². The number of likely N-dealkylation sites (tertiary alicyclic amines) is 1. The van der Waals surface area contributed by atoms with Gasteiger partial charge in [0.2, 0.25) is 5.91 Å². The monoisotopic (exact) mass is 600 g/mol. The van der Waals surface area contributed by atoms with Gasteiger partial charge in [-0.2, -0.15) is 18.3 Å². The number of imide groups is 1. The normalized spacial score (nSPS) is 19.7. The standard InChI is InChI=1S/C29H28F4N6O4/c1-37-26(42)28(39(27(37)43)19-6-8-22-17(13-19)15-34-36-22)9-11-38(12-10-28)25(41)23(16-3-2-4-16)35-24(40)20-14-18(29(31,32)33)5-7-21(20)30/h5-8,13-16,23H,2-4,9-12H2,1H3,(H,34,36)(H,35,40). The first-order valence-corrected chi connectivity index (χ1v) is 13.9. The van der Waals surface area contributed by atoms with E-state index in [-0.39, 0.29) is 37.8 Å². The zero-order valence-electron chi connectivity index (χ0n) is 23.1. The van der Waals surface area contributed by atoms with Crippen LogP contribution in [0.15, 0.2) is 42.6 Å². The summed E-state index contributed by atoms with van der Waals surface area (Å²) in [5.74, 6) is -3.36. The second-order valence-electron chi connectivity index (χ2n) is 11.3. The quantitative estimate of drug-likeness (QED) is 0.338. The lowest BCUT2D eigenvalue weighted by Gasteiger charge is -2.44. The molecule has 2 aromatic carbocycles. The van der Waals surface area contributed by atoms with Gasteiger partial charge in [-0.25, -0.2) is 9.18 Å². The molecule has 0 bridgehead atoms. The molecule has 1 spiro atoms. The molecule has 0 radical (unpaired) electrons. The average molecular weight is 601 g/mol. The number of hydrogen-bond acceptors (Lipinski definition) is 5. The van der Waals surface area contributed by atoms with Crippen LogP contribution in [-0.2, 0) is 15.8 Å². The first-order chi connectivity index (χ1) is 20.4. The van der Waals surface area contributed by atoms with Gasteiger partial charge in [-0.1, -0.05) is 6.42 Å². The van der Waals surface area contributed by atoms with E-state index in [1.807, 2.05) is 0 Å². The largest absolute Gasteiger partial charge is 0.416 e. The minimum absolute atomic E-state index is 0.0904. The fourth-order valence-electron chi connectivity index (χ4n) is 6.23. The number of alkyl halides is 3. The van der Waals surface area contributed by atoms with Gasteiger partial charge in [0.25, 0.3) is 11.8 Å². The molecule has 3 fully saturated rings. The molecule has 3 aromatic rings. The van der Waals surface area contributed by atoms with Crippen LogP contribution in [0, 0.1) is 11.7 Å². The lowest BCUT2D eigenvalue weighted by molar-refractivity contribution is -0.140. The van der Waals surface area contributed by atoms with Crippen molar-refractivity contribution in [3.05, 3.63) is 59.5 Å². The number of likely N-dealkylation sites (N-methyl/N-ethyl adjacent to an activating group) is 1. The van der Waals surface area contributed by atoms with Gasteiger partial charge in [0, 0.05) is 31.2 Å². The first kappa shape index (κ1) is 28.6. The number of H-pyrrole nitrogens is 1. The van der Waals surface area contributed by atoms with Crippen LogP contribution in [0.1, 0.15) is 48.0 Å². The Balaban J connectivity index is 1.22. The van der Waals surface area contributed by atoms with E-state index in [2.05, 4.69) is 15.5 Å². The Morgan fingerprint density at radius 2 is 1.81 bits per heavy atom. The summed E-state index contributed by atoms with van der Waals surface area (Å²) >= 11 is 0. The highest BCUT2D eigenvalue weighted by Crippen LogP contribution is 2.41. The lowest BCUT2D eigenvalue weighted by Crippen LogP contribution is -2.61. The number of anilines is 1. The molecule has 1 atom stereocenters. The molecule has 1 unspecified atom stereocenters. The van der Waals surface area contributed by atoms with Crippen molar-refractivity contribution in [3.8, 4) is 0 Å². The average Bonchev–Trinajstić information content (AvgIpc) is 3.48. The van der Waals surface area contributed by atoms with Gasteiger partial charge < -0.3 is 10.2 Å². The number of carbonyl (C=O) groups excluding carboxylic acids is 4. The summed E-state index contributed by atoms with van der Waals surface area (Å²) in [5, 5.41) is 10.1. The molecule has 43 heavy (non-hydrogen) atoms. The van der Waals surface area contributed by atoms with Gasteiger partial charge >= 0.3 is 12.2 Å². The highest BCUT2D eigenvalue weighted by atomic mass is 19.4. The van der Waals surface area contributed by atoms with E-state index in [9.17, 15) is 36.7 Å². The molecule has 226 valence electrons. The Hall–Kier alpha value is -4.49. The molecule has 14 heteroatoms. The van der Waals surface area contributed by atoms with Crippen LogP contribution in [-0.4, -0.2) is 75.5 Å². The van der Waals surface area contributed by atoms with Gasteiger partial charge in [-0.15, -0.1) is 0 Å². The molecule has 1 aliphatic carbocycles. The zero-order valence-corrected chi connectivity index (χ0v) is 23.1. The van der Waals surface area contributed by atoms with Crippen LogP contribution in [0.2, 0.25) is 0 Å². The molecule has 5 amide bonds. The van der Waals surface area contributed by atoms with Crippen molar-refractivity contribution in [3.63, 3.8) is 0 Å². The number of fused-ring (bicyclic) bond motifs is 1. The summed E-state index contributed by atoms with van der Waals surface area (Å²) in [6.45, 7) is 0.181. The third-order valence-corrected chi connectivity index (χ3v) is 8.91. The highest BCUT2D eigenvalue weighted by molar-refractivity contribution is 6.17. The summed E-state index contributed by atoms with van der Waals surface area (Å²) in [5.41, 5.74) is -1.93. The highest BCUT2D eigenvalue weighted by Gasteiger charge is 2.58. The van der Waals surface area contributed by atoms with Crippen LogP contribution in [0.3, 0.4) is 0 Å². The minimum atomic E-state index is -4.78. The fourth-order valence-corrected chi connectivity index (χ4v) is 6.23. The van der Waals surface area contributed by atoms with E-state index in [1.165, 1.54) is 16.8 Å². The second kappa shape index (κ2) is 10.3. The number of aromatic amines is 1. The Morgan fingerprint density at radius 3 is 2.47 bits per heavy atom. The smallest absolute Gasteiger partial charge is 0.341 e. The third kappa shape index (κ3) is 4.78. The SMILES string of the molecule is CN1C(=O)N(c2ccc3[nH]ncc3c2)C2(CCN(C(=O)C(NC(=O)c3cc(C(F)(F)F)ccc3F)C3CCC3)CC2)C1=O. The van der Waals surface area contributed by atoms with Crippen LogP contribution < -0.4 is 10.2 Å². The van der Waals surface area contributed by atoms with E-state index in [0.717, 1.165) is 22.2 Å². The van der Waals surface area contributed by atoms with Gasteiger partial charge in [0.15, 0.2) is 0 Å². The topological polar surface area (TPSA) is 119 Å². The number of halogens is 4. The molecule has 6 rings (SSSR count). The van der Waals surface area contributed by atoms with E-state index in [0.29, 0.717) is 36.7 Å². The maximum absolute atomic E-state index is 14.4. The van der Waals surface area contributed by atoms with E-state index in [1.54, 1.807) is 24.4 Å². The van der Waals surface area contributed by atoms with Gasteiger partial charge in [0.05, 0.1) is 22.8 Å². The summed E-state index contributed by atoms with van der Waals surface area (Å²) in [6.07, 6.45) is -0.872. The lowest BCUT2D eigenvalue weighted by atomic mass is 9.78. The van der Waals surface area contributed by atoms with Crippen molar-refractivity contribution in [2.75, 3.05) is 25.0 Å². The molecule has 1 saturated carbocycles. The number of benzene rings is 2. The first-order valence-electron chi connectivity index (χ1n) is 13.9. The molecular formula is C29H28F4N6O4. The third-order valence-electron chi connectivity index (χ3n) is 8.91. The Morgan fingerprint density at radius 1 is 1.09 bits per heavy atom. The molecule has 1 aromatic heterocycles. The number of rotatable bonds is 5. The molecule has 2 N–H and O–H groups in total. The number of amides is 5. The number of nitrogens with zero attached hydrogens (tertiary/aromatic N) is 4. The van der Waals surface area contributed by atoms with E-state index < -0.39 is 52.5 Å². The maximum Gasteiger partial charge on any atom is 0.416 e. The summed E-state index contributed by atoms with van der Waals surface area (Å²) in [4.78, 5) is 57.5. The molecule has 10 nitrogen and oxygen atoms in total. The fraction of sp³-hybridized carbons (Fsp3) is 0.414. The number of piperidine rings is 1. The molecule has 3 heterocycles. The predicted molar refractivity (Wildman–Crippen MR) is 145 cm³/mol. The van der Waals surface area contributed by atoms with Crippen LogP contribution in [0.5, 0.6) is 0 Å².